The van der Waals surface area contributed by atoms with Gasteiger partial charge >= 0.3 is 0 Å². The van der Waals surface area contributed by atoms with Crippen LogP contribution >= 0.6 is 0 Å². The van der Waals surface area contributed by atoms with Crippen molar-refractivity contribution >= 4 is 71.4 Å². The van der Waals surface area contributed by atoms with Crippen LogP contribution in [0.1, 0.15) is 6.42 Å². The third-order valence-corrected chi connectivity index (χ3v) is 17.6. The highest BCUT2D eigenvalue weighted by Crippen LogP contribution is 2.38. The van der Waals surface area contributed by atoms with Crippen molar-refractivity contribution in [1.29, 1.82) is 0 Å². The van der Waals surface area contributed by atoms with Gasteiger partial charge in [0.25, 0.3) is 0 Å². The highest BCUT2D eigenvalue weighted by molar-refractivity contribution is 5.64. The molecule has 1 N–H and O–H groups in total. The van der Waals surface area contributed by atoms with Gasteiger partial charge in [-0.1, -0.05) is 0 Å². The summed E-state index contributed by atoms with van der Waals surface area (Å²) in [6, 6.07) is 0. The first-order valence-electron chi connectivity index (χ1n) is 32.9. The maximum absolute atomic E-state index is 10.3. The lowest BCUT2D eigenvalue weighted by Gasteiger charge is -2.30. The smallest absolute Gasteiger partial charge is 0.239 e. The van der Waals surface area contributed by atoms with Crippen LogP contribution in [-0.4, -0.2) is 348 Å². The monoisotopic (exact) mass is 1300 g/mol. The van der Waals surface area contributed by atoms with Crippen molar-refractivity contribution < 1.29 is 71.4 Å². The van der Waals surface area contributed by atoms with Crippen LogP contribution in [0.2, 0.25) is 0 Å². The van der Waals surface area contributed by atoms with E-state index < -0.39 is 0 Å². The van der Waals surface area contributed by atoms with Crippen LogP contribution in [0.15, 0.2) is 0 Å². The molecule has 18 rings (SSSR count). The number of hydrogen-bond acceptors (Lipinski definition) is 36. The molecule has 4 aromatic heterocycles. The minimum Gasteiger partial charge on any atom is -0.396 e. The molecule has 14 aliphatic rings. The molecule has 14 aliphatic heterocycles. The fourth-order valence-corrected chi connectivity index (χ4v) is 11.2. The largest absolute Gasteiger partial charge is 0.396 e. The average molecular weight is 1300 g/mol. The molecule has 0 aliphatic carbocycles. The number of hydrogen-bond donors (Lipinski definition) is 1. The van der Waals surface area contributed by atoms with Crippen LogP contribution in [0.4, 0.5) is 71.4 Å². The molecule has 14 saturated heterocycles. The van der Waals surface area contributed by atoms with Gasteiger partial charge in [0, 0.05) is 85.1 Å². The minimum absolute atomic E-state index is 0.00382. The van der Waals surface area contributed by atoms with Crippen molar-refractivity contribution in [2.24, 2.45) is 0 Å². The van der Waals surface area contributed by atoms with Gasteiger partial charge in [0.05, 0.1) is 198 Å². The molecular weight excluding hydrogens is 1220 g/mol. The Balaban J connectivity index is 0.824. The minimum atomic E-state index is -0.268. The van der Waals surface area contributed by atoms with Gasteiger partial charge in [-0.3, -0.25) is 14.7 Å². The molecule has 14 unspecified atom stereocenters. The summed E-state index contributed by atoms with van der Waals surface area (Å²) in [6.45, 7) is 15.1. The molecule has 14 fully saturated rings. The van der Waals surface area contributed by atoms with Crippen LogP contribution < -0.4 is 44.1 Å². The number of aliphatic hydroxyl groups is 1. The predicted octanol–water partition coefficient (Wildman–Crippen LogP) is -3.36. The molecule has 36 heteroatoms. The van der Waals surface area contributed by atoms with Gasteiger partial charge in [0.2, 0.25) is 71.4 Å². The molecule has 4 aromatic rings. The van der Waals surface area contributed by atoms with Crippen LogP contribution in [0, 0.1) is 0 Å². The number of ether oxygens (including phenoxy) is 14. The molecule has 0 spiro atoms. The standard InChI is InChI=1S/C57H77N21O15/c79-3-1-2-70(4-32-18-80-32)46-58-47(71(5-33-19-81-33)6-34-20-82-34)62-52(61-46)76(15-43-29-91-43)55-67-56(77(16-44-30-92-44)53-63-48(72(7-35-21-83-35)8-36-22-84-36)59-49(64-53)73(9-37-23-85-37)10-38-24-86-38)69-57(68-55)78(17-45-31-93-45)54-65-50(74(11-39-25-87-39)12-40-26-88-40)60-51(66-54)75(13-41-27-89-41)14-42-28-90-42/h32-45,79H,1-31H2. The number of aliphatic hydroxyl groups excluding tert-OH is 1. The SMILES string of the molecule is OCCCN(CC1CO1)c1nc(N(CC2CO2)CC2CO2)nc(N(CC2CO2)c2nc(N(CC3CO3)c3nc(N(CC4CO4)CC4CO4)nc(N(CC4CO4)CC4CO4)n3)nc(N(CC3CO3)c3nc(N(CC4CO4)CC4CO4)nc(N(CC4CO4)CC4CO4)n3)n2)n1. The molecule has 14 atom stereocenters. The van der Waals surface area contributed by atoms with Gasteiger partial charge in [-0.25, -0.2) is 0 Å². The number of rotatable bonds is 43. The molecule has 0 radical (unpaired) electrons. The van der Waals surface area contributed by atoms with Gasteiger partial charge in [-0.2, -0.15) is 59.8 Å². The van der Waals surface area contributed by atoms with Crippen molar-refractivity contribution in [3.8, 4) is 0 Å². The Kier molecular flexibility index (Phi) is 16.1. The Morgan fingerprint density at radius 2 is 0.355 bits per heavy atom. The lowest BCUT2D eigenvalue weighted by atomic mass is 10.3. The van der Waals surface area contributed by atoms with Crippen molar-refractivity contribution in [2.45, 2.75) is 91.9 Å². The van der Waals surface area contributed by atoms with E-state index in [-0.39, 0.29) is 147 Å². The lowest BCUT2D eigenvalue weighted by Crippen LogP contribution is -2.38. The molecule has 0 bridgehead atoms. The first kappa shape index (κ1) is 59.2. The second-order valence-electron chi connectivity index (χ2n) is 26.2. The van der Waals surface area contributed by atoms with E-state index in [0.29, 0.717) is 213 Å². The number of epoxide rings is 14. The van der Waals surface area contributed by atoms with Crippen molar-refractivity contribution in [3.05, 3.63) is 0 Å². The fourth-order valence-electron chi connectivity index (χ4n) is 11.2. The second-order valence-corrected chi connectivity index (χ2v) is 26.2. The van der Waals surface area contributed by atoms with Gasteiger partial charge in [0.1, 0.15) is 0 Å². The van der Waals surface area contributed by atoms with Gasteiger partial charge in [0.15, 0.2) is 0 Å². The quantitative estimate of drug-likeness (QED) is 0.0423. The van der Waals surface area contributed by atoms with Gasteiger partial charge < -0.3 is 101 Å². The fraction of sp³-hybridized carbons (Fsp3) is 0.789. The summed E-state index contributed by atoms with van der Waals surface area (Å²) in [4.78, 5) is 82.8. The molecule has 500 valence electrons. The molecule has 36 nitrogen and oxygen atoms in total. The topological polar surface area (TPSA) is 379 Å². The van der Waals surface area contributed by atoms with Crippen LogP contribution in [0.5, 0.6) is 0 Å². The Bertz CT molecular complexity index is 2970. The zero-order valence-corrected chi connectivity index (χ0v) is 51.6. The van der Waals surface area contributed by atoms with Crippen molar-refractivity contribution in [1.82, 2.24) is 59.8 Å². The first-order chi connectivity index (χ1) is 45.8. The van der Waals surface area contributed by atoms with E-state index in [9.17, 15) is 5.11 Å². The van der Waals surface area contributed by atoms with Crippen LogP contribution in [-0.2, 0) is 66.3 Å². The summed E-state index contributed by atoms with van der Waals surface area (Å²) in [7, 11) is 0. The third-order valence-electron chi connectivity index (χ3n) is 17.6. The van der Waals surface area contributed by atoms with E-state index in [1.807, 2.05) is 19.6 Å². The predicted molar refractivity (Wildman–Crippen MR) is 322 cm³/mol. The lowest BCUT2D eigenvalue weighted by molar-refractivity contribution is 0.288. The Labute approximate surface area is 534 Å². The Morgan fingerprint density at radius 1 is 0.215 bits per heavy atom. The normalized spacial score (nSPS) is 30.8. The second kappa shape index (κ2) is 25.3. The van der Waals surface area contributed by atoms with Crippen molar-refractivity contribution in [3.63, 3.8) is 0 Å². The highest BCUT2D eigenvalue weighted by atomic mass is 16.6. The molecule has 0 saturated carbocycles. The number of anilines is 12. The Hall–Kier alpha value is -6.36. The molecular formula is C57H77N21O15. The first-order valence-corrected chi connectivity index (χ1v) is 32.9. The van der Waals surface area contributed by atoms with E-state index in [0.717, 1.165) is 0 Å². The molecule has 0 aromatic carbocycles. The maximum Gasteiger partial charge on any atom is 0.239 e. The van der Waals surface area contributed by atoms with E-state index in [1.165, 1.54) is 0 Å². The van der Waals surface area contributed by atoms with Crippen LogP contribution in [0.25, 0.3) is 0 Å². The number of aromatic nitrogens is 12. The Morgan fingerprint density at radius 3 is 0.527 bits per heavy atom. The van der Waals surface area contributed by atoms with E-state index in [2.05, 4.69) is 24.5 Å². The highest BCUT2D eigenvalue weighted by Gasteiger charge is 2.43. The summed E-state index contributed by atoms with van der Waals surface area (Å²) < 4.78 is 82.6. The summed E-state index contributed by atoms with van der Waals surface area (Å²) in [6.07, 6.45) is -0.429. The molecule has 0 amide bonds. The zero-order chi connectivity index (χ0) is 61.5. The molecule has 93 heavy (non-hydrogen) atoms. The maximum atomic E-state index is 10.3. The van der Waals surface area contributed by atoms with E-state index in [1.54, 1.807) is 0 Å². The number of nitrogens with zero attached hydrogens (tertiary/aromatic N) is 21. The summed E-state index contributed by atoms with van der Waals surface area (Å²) >= 11 is 0. The van der Waals surface area contributed by atoms with E-state index in [4.69, 9.17) is 126 Å². The summed E-state index contributed by atoms with van der Waals surface area (Å²) in [5.41, 5.74) is 0. The third kappa shape index (κ3) is 16.3. The van der Waals surface area contributed by atoms with Gasteiger partial charge in [-0.05, 0) is 6.42 Å². The van der Waals surface area contributed by atoms with Gasteiger partial charge in [-0.15, -0.1) is 0 Å². The molecule has 18 heterocycles. The summed E-state index contributed by atoms with van der Waals surface area (Å²) in [5, 5.41) is 10.3. The summed E-state index contributed by atoms with van der Waals surface area (Å²) in [5.74, 6) is 3.76. The van der Waals surface area contributed by atoms with E-state index >= 15 is 0 Å². The van der Waals surface area contributed by atoms with Crippen molar-refractivity contribution in [2.75, 3.05) is 241 Å². The van der Waals surface area contributed by atoms with Crippen LogP contribution in [0.3, 0.4) is 0 Å². The zero-order valence-electron chi connectivity index (χ0n) is 51.6. The average Bonchev–Trinajstić information content (AvgIpc) is 1.13.